The Morgan fingerprint density at radius 1 is 1.32 bits per heavy atom. The largest absolute Gasteiger partial charge is 0.469 e. The first-order valence-corrected chi connectivity index (χ1v) is 9.38. The molecule has 0 spiro atoms. The second-order valence-corrected chi connectivity index (χ2v) is 6.79. The number of thiophene rings is 1. The van der Waals surface area contributed by atoms with Gasteiger partial charge in [0, 0.05) is 33.2 Å². The standard InChI is InChI=1S/C17H26N4O3S/c1-18-17(21-10-6-13(7-11-21)16(23)24-2)20-9-4-8-19-15(22)14-5-3-12-25-14/h3,5,12-13H,4,6-11H2,1-2H3,(H,18,20)(H,19,22). The van der Waals surface area contributed by atoms with Gasteiger partial charge in [0.05, 0.1) is 17.9 Å². The minimum atomic E-state index is -0.121. The summed E-state index contributed by atoms with van der Waals surface area (Å²) in [6, 6.07) is 3.69. The Kier molecular flexibility index (Phi) is 7.72. The molecular formula is C17H26N4O3S. The second kappa shape index (κ2) is 10.0. The fourth-order valence-electron chi connectivity index (χ4n) is 2.81. The molecule has 2 N–H and O–H groups in total. The molecule has 1 saturated heterocycles. The van der Waals surface area contributed by atoms with E-state index < -0.39 is 0 Å². The number of guanidine groups is 1. The number of nitrogens with zero attached hydrogens (tertiary/aromatic N) is 2. The average Bonchev–Trinajstić information content (AvgIpc) is 3.19. The van der Waals surface area contributed by atoms with Crippen molar-refractivity contribution in [2.45, 2.75) is 19.3 Å². The van der Waals surface area contributed by atoms with Crippen LogP contribution in [0.2, 0.25) is 0 Å². The molecule has 2 rings (SSSR count). The maximum Gasteiger partial charge on any atom is 0.308 e. The molecule has 0 bridgehead atoms. The number of hydrogen-bond acceptors (Lipinski definition) is 5. The molecule has 0 aromatic carbocycles. The highest BCUT2D eigenvalue weighted by Gasteiger charge is 2.26. The van der Waals surface area contributed by atoms with E-state index in [9.17, 15) is 9.59 Å². The number of hydrogen-bond donors (Lipinski definition) is 2. The number of esters is 1. The smallest absolute Gasteiger partial charge is 0.308 e. The van der Waals surface area contributed by atoms with Gasteiger partial charge in [0.25, 0.3) is 5.91 Å². The van der Waals surface area contributed by atoms with Crippen LogP contribution in [0.1, 0.15) is 28.9 Å². The molecule has 1 fully saturated rings. The van der Waals surface area contributed by atoms with Gasteiger partial charge in [0.2, 0.25) is 0 Å². The highest BCUT2D eigenvalue weighted by atomic mass is 32.1. The molecule has 1 amide bonds. The van der Waals surface area contributed by atoms with Crippen molar-refractivity contribution in [3.05, 3.63) is 22.4 Å². The van der Waals surface area contributed by atoms with Crippen LogP contribution in [0.5, 0.6) is 0 Å². The number of aliphatic imine (C=N–C) groups is 1. The summed E-state index contributed by atoms with van der Waals surface area (Å²) in [5.74, 6) is 0.688. The number of likely N-dealkylation sites (tertiary alicyclic amines) is 1. The summed E-state index contributed by atoms with van der Waals surface area (Å²) in [6.45, 7) is 2.92. The normalized spacial score (nSPS) is 15.8. The summed E-state index contributed by atoms with van der Waals surface area (Å²) in [4.78, 5) is 30.6. The van der Waals surface area contributed by atoms with Crippen molar-refractivity contribution in [2.75, 3.05) is 40.3 Å². The maximum absolute atomic E-state index is 11.8. The van der Waals surface area contributed by atoms with E-state index in [1.165, 1.54) is 18.4 Å². The third-order valence-electron chi connectivity index (χ3n) is 4.21. The van der Waals surface area contributed by atoms with Gasteiger partial charge in [-0.05, 0) is 30.7 Å². The monoisotopic (exact) mass is 366 g/mol. The van der Waals surface area contributed by atoms with Gasteiger partial charge in [-0.25, -0.2) is 0 Å². The van der Waals surface area contributed by atoms with E-state index in [2.05, 4.69) is 20.5 Å². The lowest BCUT2D eigenvalue weighted by Crippen LogP contribution is -2.47. The Morgan fingerprint density at radius 2 is 2.04 bits per heavy atom. The molecule has 0 atom stereocenters. The zero-order chi connectivity index (χ0) is 18.1. The number of nitrogens with one attached hydrogen (secondary N) is 2. The van der Waals surface area contributed by atoms with Gasteiger partial charge < -0.3 is 20.3 Å². The Hall–Kier alpha value is -2.09. The van der Waals surface area contributed by atoms with Crippen molar-refractivity contribution in [3.8, 4) is 0 Å². The SMILES string of the molecule is CN=C(NCCCNC(=O)c1cccs1)N1CCC(C(=O)OC)CC1. The van der Waals surface area contributed by atoms with Crippen molar-refractivity contribution < 1.29 is 14.3 Å². The lowest BCUT2D eigenvalue weighted by atomic mass is 9.97. The number of rotatable bonds is 6. The molecule has 2 heterocycles. The number of carbonyl (C=O) groups is 2. The van der Waals surface area contributed by atoms with Crippen molar-refractivity contribution in [2.24, 2.45) is 10.9 Å². The minimum Gasteiger partial charge on any atom is -0.469 e. The van der Waals surface area contributed by atoms with Crippen LogP contribution in [0.15, 0.2) is 22.5 Å². The molecule has 8 heteroatoms. The molecule has 0 unspecified atom stereocenters. The minimum absolute atomic E-state index is 0.00757. The molecule has 1 aromatic heterocycles. The van der Waals surface area contributed by atoms with E-state index in [1.807, 2.05) is 17.5 Å². The maximum atomic E-state index is 11.8. The van der Waals surface area contributed by atoms with Gasteiger partial charge in [0.15, 0.2) is 5.96 Å². The lowest BCUT2D eigenvalue weighted by Gasteiger charge is -2.33. The van der Waals surface area contributed by atoms with Crippen LogP contribution in [0.25, 0.3) is 0 Å². The fourth-order valence-corrected chi connectivity index (χ4v) is 3.45. The van der Waals surface area contributed by atoms with E-state index in [0.717, 1.165) is 49.7 Å². The molecule has 7 nitrogen and oxygen atoms in total. The van der Waals surface area contributed by atoms with E-state index in [0.29, 0.717) is 6.54 Å². The molecule has 1 aliphatic heterocycles. The van der Waals surface area contributed by atoms with Crippen LogP contribution in [-0.4, -0.2) is 63.1 Å². The zero-order valence-corrected chi connectivity index (χ0v) is 15.6. The predicted octanol–water partition coefficient (Wildman–Crippen LogP) is 1.33. The van der Waals surface area contributed by atoms with Gasteiger partial charge in [0.1, 0.15) is 0 Å². The van der Waals surface area contributed by atoms with Crippen LogP contribution in [0, 0.1) is 5.92 Å². The number of methoxy groups -OCH3 is 1. The lowest BCUT2D eigenvalue weighted by molar-refractivity contribution is -0.146. The summed E-state index contributed by atoms with van der Waals surface area (Å²) < 4.78 is 4.81. The first-order valence-electron chi connectivity index (χ1n) is 8.50. The van der Waals surface area contributed by atoms with Crippen LogP contribution in [-0.2, 0) is 9.53 Å². The molecule has 25 heavy (non-hydrogen) atoms. The third kappa shape index (κ3) is 5.74. The van der Waals surface area contributed by atoms with Gasteiger partial charge in [-0.2, -0.15) is 0 Å². The Morgan fingerprint density at radius 3 is 2.64 bits per heavy atom. The predicted molar refractivity (Wildman–Crippen MR) is 98.9 cm³/mol. The van der Waals surface area contributed by atoms with Crippen molar-refractivity contribution >= 4 is 29.2 Å². The molecule has 0 radical (unpaired) electrons. The molecule has 138 valence electrons. The number of amides is 1. The van der Waals surface area contributed by atoms with E-state index in [-0.39, 0.29) is 17.8 Å². The highest BCUT2D eigenvalue weighted by molar-refractivity contribution is 7.12. The Balaban J connectivity index is 1.64. The summed E-state index contributed by atoms with van der Waals surface area (Å²) in [6.07, 6.45) is 2.38. The van der Waals surface area contributed by atoms with E-state index in [4.69, 9.17) is 4.74 Å². The Bertz CT molecular complexity index is 581. The quantitative estimate of drug-likeness (QED) is 0.343. The number of carbonyl (C=O) groups excluding carboxylic acids is 2. The third-order valence-corrected chi connectivity index (χ3v) is 5.08. The summed E-state index contributed by atoms with van der Waals surface area (Å²) in [5, 5.41) is 8.12. The van der Waals surface area contributed by atoms with Crippen molar-refractivity contribution in [3.63, 3.8) is 0 Å². The molecule has 0 saturated carbocycles. The van der Waals surface area contributed by atoms with E-state index >= 15 is 0 Å². The Labute approximate surface area is 152 Å². The van der Waals surface area contributed by atoms with Gasteiger partial charge in [-0.1, -0.05) is 6.07 Å². The number of piperidine rings is 1. The van der Waals surface area contributed by atoms with Gasteiger partial charge in [-0.3, -0.25) is 14.6 Å². The number of ether oxygens (including phenoxy) is 1. The van der Waals surface area contributed by atoms with Crippen molar-refractivity contribution in [1.82, 2.24) is 15.5 Å². The molecule has 1 aliphatic rings. The zero-order valence-electron chi connectivity index (χ0n) is 14.8. The highest BCUT2D eigenvalue weighted by Crippen LogP contribution is 2.18. The van der Waals surface area contributed by atoms with Gasteiger partial charge >= 0.3 is 5.97 Å². The summed E-state index contributed by atoms with van der Waals surface area (Å²) in [7, 11) is 3.19. The molecule has 0 aliphatic carbocycles. The van der Waals surface area contributed by atoms with Crippen molar-refractivity contribution in [1.29, 1.82) is 0 Å². The van der Waals surface area contributed by atoms with Gasteiger partial charge in [-0.15, -0.1) is 11.3 Å². The first-order chi connectivity index (χ1) is 12.2. The second-order valence-electron chi connectivity index (χ2n) is 5.85. The fraction of sp³-hybridized carbons (Fsp3) is 0.588. The van der Waals surface area contributed by atoms with Crippen LogP contribution in [0.3, 0.4) is 0 Å². The molecular weight excluding hydrogens is 340 g/mol. The molecule has 1 aromatic rings. The van der Waals surface area contributed by atoms with Crippen LogP contribution in [0.4, 0.5) is 0 Å². The summed E-state index contributed by atoms with van der Waals surface area (Å²) >= 11 is 1.44. The first kappa shape index (κ1) is 19.2. The van der Waals surface area contributed by atoms with Crippen LogP contribution < -0.4 is 10.6 Å². The van der Waals surface area contributed by atoms with Crippen LogP contribution >= 0.6 is 11.3 Å². The average molecular weight is 366 g/mol. The summed E-state index contributed by atoms with van der Waals surface area (Å²) in [5.41, 5.74) is 0. The van der Waals surface area contributed by atoms with E-state index in [1.54, 1.807) is 7.05 Å². The topological polar surface area (TPSA) is 83.0 Å².